The summed E-state index contributed by atoms with van der Waals surface area (Å²) in [6, 6.07) is 10.5. The Morgan fingerprint density at radius 3 is 2.50 bits per heavy atom. The van der Waals surface area contributed by atoms with Gasteiger partial charge in [0.05, 0.1) is 10.6 Å². The second kappa shape index (κ2) is 3.92. The highest BCUT2D eigenvalue weighted by Crippen LogP contribution is 2.31. The van der Waals surface area contributed by atoms with E-state index >= 15 is 0 Å². The highest BCUT2D eigenvalue weighted by molar-refractivity contribution is 6.33. The van der Waals surface area contributed by atoms with E-state index in [0.29, 0.717) is 39.0 Å². The fourth-order valence-corrected chi connectivity index (χ4v) is 2.03. The number of nitrogens with zero attached hydrogens (tertiary/aromatic N) is 1. The molecular weight excluding hydrogens is 250 g/mol. The fourth-order valence-electron chi connectivity index (χ4n) is 1.76. The van der Waals surface area contributed by atoms with Crippen molar-refractivity contribution < 1.29 is 4.42 Å². The maximum absolute atomic E-state index is 6.12. The molecule has 0 radical (unpaired) electrons. The molecule has 3 rings (SSSR count). The third kappa shape index (κ3) is 1.76. The van der Waals surface area contributed by atoms with Gasteiger partial charge in [-0.25, -0.2) is 4.98 Å². The molecule has 0 saturated carbocycles. The van der Waals surface area contributed by atoms with Gasteiger partial charge in [-0.1, -0.05) is 11.6 Å². The van der Waals surface area contributed by atoms with Crippen LogP contribution < -0.4 is 11.5 Å². The molecule has 5 heteroatoms. The predicted molar refractivity (Wildman–Crippen MR) is 73.3 cm³/mol. The lowest BCUT2D eigenvalue weighted by molar-refractivity contribution is 0.620. The smallest absolute Gasteiger partial charge is 0.228 e. The number of hydrogen-bond donors (Lipinski definition) is 2. The van der Waals surface area contributed by atoms with E-state index in [9.17, 15) is 0 Å². The van der Waals surface area contributed by atoms with E-state index in [2.05, 4.69) is 4.98 Å². The van der Waals surface area contributed by atoms with Gasteiger partial charge in [-0.05, 0) is 36.4 Å². The Bertz CT molecular complexity index is 736. The van der Waals surface area contributed by atoms with Crippen LogP contribution in [0.25, 0.3) is 22.6 Å². The molecule has 0 unspecified atom stereocenters. The first kappa shape index (κ1) is 10.9. The largest absolute Gasteiger partial charge is 0.436 e. The zero-order chi connectivity index (χ0) is 12.7. The summed E-state index contributed by atoms with van der Waals surface area (Å²) in [5.74, 6) is 0.459. The van der Waals surface area contributed by atoms with Crippen LogP contribution in [-0.2, 0) is 0 Å². The van der Waals surface area contributed by atoms with Crippen LogP contribution in [0.5, 0.6) is 0 Å². The fraction of sp³-hybridized carbons (Fsp3) is 0. The molecule has 3 aromatic rings. The van der Waals surface area contributed by atoms with Crippen LogP contribution in [0.3, 0.4) is 0 Å². The molecule has 90 valence electrons. The molecule has 0 spiro atoms. The maximum Gasteiger partial charge on any atom is 0.228 e. The molecule has 0 bridgehead atoms. The highest BCUT2D eigenvalue weighted by Gasteiger charge is 2.11. The third-order valence-electron chi connectivity index (χ3n) is 2.64. The molecule has 0 atom stereocenters. The summed E-state index contributed by atoms with van der Waals surface area (Å²) in [4.78, 5) is 4.36. The molecule has 0 fully saturated rings. The lowest BCUT2D eigenvalue weighted by Crippen LogP contribution is -1.86. The second-order valence-corrected chi connectivity index (χ2v) is 4.39. The van der Waals surface area contributed by atoms with Gasteiger partial charge in [0, 0.05) is 11.4 Å². The molecule has 1 heterocycles. The Morgan fingerprint density at radius 1 is 1.00 bits per heavy atom. The molecule has 1 aromatic heterocycles. The van der Waals surface area contributed by atoms with Gasteiger partial charge in [0.1, 0.15) is 5.52 Å². The molecule has 0 aliphatic carbocycles. The molecule has 4 N–H and O–H groups in total. The van der Waals surface area contributed by atoms with Crippen molar-refractivity contribution in [3.05, 3.63) is 41.4 Å². The van der Waals surface area contributed by atoms with Crippen LogP contribution in [0.4, 0.5) is 11.4 Å². The highest BCUT2D eigenvalue weighted by atomic mass is 35.5. The number of oxazole rings is 1. The number of halogens is 1. The Morgan fingerprint density at radius 2 is 1.72 bits per heavy atom. The monoisotopic (exact) mass is 259 g/mol. The van der Waals surface area contributed by atoms with Gasteiger partial charge in [0.2, 0.25) is 5.89 Å². The minimum absolute atomic E-state index is 0.459. The summed E-state index contributed by atoms with van der Waals surface area (Å²) in [5.41, 5.74) is 14.7. The number of fused-ring (bicyclic) bond motifs is 1. The summed E-state index contributed by atoms with van der Waals surface area (Å²) >= 11 is 6.12. The number of nitrogen functional groups attached to an aromatic ring is 2. The van der Waals surface area contributed by atoms with Crippen LogP contribution in [0.1, 0.15) is 0 Å². The van der Waals surface area contributed by atoms with Gasteiger partial charge in [0.25, 0.3) is 0 Å². The Labute approximate surface area is 108 Å². The Balaban J connectivity index is 2.19. The summed E-state index contributed by atoms with van der Waals surface area (Å²) in [6.45, 7) is 0. The normalized spacial score (nSPS) is 10.9. The maximum atomic E-state index is 6.12. The van der Waals surface area contributed by atoms with E-state index in [-0.39, 0.29) is 0 Å². The van der Waals surface area contributed by atoms with Crippen molar-refractivity contribution in [2.24, 2.45) is 0 Å². The first-order valence-electron chi connectivity index (χ1n) is 5.35. The Hall–Kier alpha value is -2.20. The quantitative estimate of drug-likeness (QED) is 0.657. The summed E-state index contributed by atoms with van der Waals surface area (Å²) in [5, 5.41) is 0.509. The van der Waals surface area contributed by atoms with E-state index in [1.54, 1.807) is 36.4 Å². The van der Waals surface area contributed by atoms with Gasteiger partial charge < -0.3 is 15.9 Å². The standard InChI is InChI=1S/C13H10ClN3O/c14-10-5-7(15)1-3-9(10)13-17-11-6-8(16)2-4-12(11)18-13/h1-6H,15-16H2. The molecule has 0 amide bonds. The van der Waals surface area contributed by atoms with Crippen molar-refractivity contribution in [3.8, 4) is 11.5 Å². The van der Waals surface area contributed by atoms with E-state index in [0.717, 1.165) is 0 Å². The minimum atomic E-state index is 0.459. The van der Waals surface area contributed by atoms with Crippen LogP contribution in [0.2, 0.25) is 5.02 Å². The van der Waals surface area contributed by atoms with Gasteiger partial charge in [-0.15, -0.1) is 0 Å². The molecule has 0 aliphatic heterocycles. The van der Waals surface area contributed by atoms with Gasteiger partial charge in [-0.2, -0.15) is 0 Å². The van der Waals surface area contributed by atoms with Crippen LogP contribution in [0, 0.1) is 0 Å². The second-order valence-electron chi connectivity index (χ2n) is 3.99. The molecule has 0 aliphatic rings. The SMILES string of the molecule is Nc1ccc(-c2nc3cc(N)ccc3o2)c(Cl)c1. The first-order chi connectivity index (χ1) is 8.63. The molecular formula is C13H10ClN3O. The van der Waals surface area contributed by atoms with E-state index in [1.807, 2.05) is 0 Å². The number of nitrogens with two attached hydrogens (primary N) is 2. The van der Waals surface area contributed by atoms with Crippen molar-refractivity contribution in [1.29, 1.82) is 0 Å². The number of benzene rings is 2. The van der Waals surface area contributed by atoms with Gasteiger partial charge >= 0.3 is 0 Å². The van der Waals surface area contributed by atoms with E-state index < -0.39 is 0 Å². The summed E-state index contributed by atoms with van der Waals surface area (Å²) in [6.07, 6.45) is 0. The van der Waals surface area contributed by atoms with Crippen molar-refractivity contribution in [3.63, 3.8) is 0 Å². The van der Waals surface area contributed by atoms with E-state index in [4.69, 9.17) is 27.5 Å². The van der Waals surface area contributed by atoms with Gasteiger partial charge in [0.15, 0.2) is 5.58 Å². The zero-order valence-corrected chi connectivity index (χ0v) is 10.1. The average Bonchev–Trinajstić information content (AvgIpc) is 2.71. The van der Waals surface area contributed by atoms with Crippen molar-refractivity contribution in [1.82, 2.24) is 4.98 Å². The summed E-state index contributed by atoms with van der Waals surface area (Å²) in [7, 11) is 0. The molecule has 18 heavy (non-hydrogen) atoms. The number of aromatic nitrogens is 1. The number of anilines is 2. The van der Waals surface area contributed by atoms with Crippen LogP contribution in [-0.4, -0.2) is 4.98 Å². The minimum Gasteiger partial charge on any atom is -0.436 e. The number of rotatable bonds is 1. The predicted octanol–water partition coefficient (Wildman–Crippen LogP) is 3.31. The third-order valence-corrected chi connectivity index (χ3v) is 2.95. The topological polar surface area (TPSA) is 78.1 Å². The number of hydrogen-bond acceptors (Lipinski definition) is 4. The summed E-state index contributed by atoms with van der Waals surface area (Å²) < 4.78 is 5.64. The molecule has 0 saturated heterocycles. The van der Waals surface area contributed by atoms with Crippen molar-refractivity contribution >= 4 is 34.1 Å². The van der Waals surface area contributed by atoms with Gasteiger partial charge in [-0.3, -0.25) is 0 Å². The molecule has 2 aromatic carbocycles. The average molecular weight is 260 g/mol. The molecule has 4 nitrogen and oxygen atoms in total. The zero-order valence-electron chi connectivity index (χ0n) is 9.35. The lowest BCUT2D eigenvalue weighted by atomic mass is 10.2. The van der Waals surface area contributed by atoms with E-state index in [1.165, 1.54) is 0 Å². The van der Waals surface area contributed by atoms with Crippen LogP contribution >= 0.6 is 11.6 Å². The first-order valence-corrected chi connectivity index (χ1v) is 5.73. The van der Waals surface area contributed by atoms with Crippen LogP contribution in [0.15, 0.2) is 40.8 Å². The lowest BCUT2D eigenvalue weighted by Gasteiger charge is -1.99. The van der Waals surface area contributed by atoms with Crippen molar-refractivity contribution in [2.75, 3.05) is 11.5 Å². The van der Waals surface area contributed by atoms with Crippen molar-refractivity contribution in [2.45, 2.75) is 0 Å². The Kier molecular flexibility index (Phi) is 2.38.